The average molecular weight is 427 g/mol. The normalized spacial score (nSPS) is 14.8. The molecule has 3 rings (SSSR count). The zero-order valence-electron chi connectivity index (χ0n) is 16.0. The molecule has 11 heteroatoms. The molecular formula is C18H23F2N5O3S. The predicted octanol–water partition coefficient (Wildman–Crippen LogP) is 1.43. The van der Waals surface area contributed by atoms with E-state index in [4.69, 9.17) is 4.74 Å². The van der Waals surface area contributed by atoms with E-state index >= 15 is 0 Å². The summed E-state index contributed by atoms with van der Waals surface area (Å²) in [6.45, 7) is 4.88. The molecule has 0 radical (unpaired) electrons. The van der Waals surface area contributed by atoms with Gasteiger partial charge in [-0.3, -0.25) is 0 Å². The number of halogens is 2. The number of hydrogen-bond acceptors (Lipinski definition) is 7. The molecule has 0 bridgehead atoms. The second kappa shape index (κ2) is 9.42. The number of rotatable bonds is 8. The van der Waals surface area contributed by atoms with Crippen LogP contribution in [0.2, 0.25) is 0 Å². The summed E-state index contributed by atoms with van der Waals surface area (Å²) in [5.41, 5.74) is -0.216. The lowest BCUT2D eigenvalue weighted by atomic mass is 10.2. The molecule has 158 valence electrons. The van der Waals surface area contributed by atoms with E-state index in [9.17, 15) is 17.2 Å². The number of benzene rings is 1. The Bertz CT molecular complexity index is 953. The van der Waals surface area contributed by atoms with Gasteiger partial charge in [0.05, 0.1) is 19.0 Å². The molecule has 1 aliphatic rings. The third-order valence-corrected chi connectivity index (χ3v) is 5.60. The maximum Gasteiger partial charge on any atom is 0.215 e. The SMILES string of the molecule is Cc1nc(NCCNS(=O)(=O)Cc2cc(F)ccc2F)cc(N2CCOCC2)n1. The lowest BCUT2D eigenvalue weighted by Crippen LogP contribution is -2.37. The molecule has 0 atom stereocenters. The number of morpholine rings is 1. The molecule has 0 saturated carbocycles. The number of anilines is 2. The summed E-state index contributed by atoms with van der Waals surface area (Å²) >= 11 is 0. The van der Waals surface area contributed by atoms with Crippen LogP contribution < -0.4 is 14.9 Å². The number of nitrogens with one attached hydrogen (secondary N) is 2. The summed E-state index contributed by atoms with van der Waals surface area (Å²) in [4.78, 5) is 10.8. The number of sulfonamides is 1. The number of aryl methyl sites for hydroxylation is 1. The van der Waals surface area contributed by atoms with E-state index in [1.54, 1.807) is 13.0 Å². The first-order valence-electron chi connectivity index (χ1n) is 9.16. The van der Waals surface area contributed by atoms with Gasteiger partial charge in [0.2, 0.25) is 10.0 Å². The van der Waals surface area contributed by atoms with Crippen LogP contribution in [0.4, 0.5) is 20.4 Å². The first kappa shape index (κ1) is 21.3. The van der Waals surface area contributed by atoms with Crippen LogP contribution in [0.25, 0.3) is 0 Å². The topological polar surface area (TPSA) is 96.5 Å². The lowest BCUT2D eigenvalue weighted by Gasteiger charge is -2.28. The molecule has 1 fully saturated rings. The van der Waals surface area contributed by atoms with E-state index in [1.807, 2.05) is 0 Å². The second-order valence-electron chi connectivity index (χ2n) is 6.57. The van der Waals surface area contributed by atoms with Crippen LogP contribution in [-0.2, 0) is 20.5 Å². The van der Waals surface area contributed by atoms with E-state index < -0.39 is 27.4 Å². The minimum atomic E-state index is -3.81. The van der Waals surface area contributed by atoms with Crippen LogP contribution in [0.5, 0.6) is 0 Å². The van der Waals surface area contributed by atoms with Crippen molar-refractivity contribution in [2.24, 2.45) is 0 Å². The molecule has 1 aromatic carbocycles. The third-order valence-electron chi connectivity index (χ3n) is 4.27. The van der Waals surface area contributed by atoms with E-state index in [-0.39, 0.29) is 18.7 Å². The Labute approximate surface area is 168 Å². The number of hydrogen-bond donors (Lipinski definition) is 2. The van der Waals surface area contributed by atoms with Crippen molar-refractivity contribution < 1.29 is 21.9 Å². The van der Waals surface area contributed by atoms with Crippen molar-refractivity contribution >= 4 is 21.7 Å². The summed E-state index contributed by atoms with van der Waals surface area (Å²) < 4.78 is 58.8. The minimum absolute atomic E-state index is 0.0647. The Morgan fingerprint density at radius 3 is 2.66 bits per heavy atom. The quantitative estimate of drug-likeness (QED) is 0.615. The van der Waals surface area contributed by atoms with Gasteiger partial charge in [0.25, 0.3) is 0 Å². The van der Waals surface area contributed by atoms with Crippen LogP contribution in [0, 0.1) is 18.6 Å². The first-order valence-corrected chi connectivity index (χ1v) is 10.8. The molecule has 1 aromatic heterocycles. The van der Waals surface area contributed by atoms with Gasteiger partial charge in [-0.15, -0.1) is 0 Å². The Hall–Kier alpha value is -2.37. The highest BCUT2D eigenvalue weighted by molar-refractivity contribution is 7.88. The van der Waals surface area contributed by atoms with E-state index in [2.05, 4.69) is 24.9 Å². The van der Waals surface area contributed by atoms with Gasteiger partial charge in [-0.1, -0.05) is 0 Å². The molecule has 0 amide bonds. The van der Waals surface area contributed by atoms with Crippen molar-refractivity contribution in [2.75, 3.05) is 49.6 Å². The smallest absolute Gasteiger partial charge is 0.215 e. The van der Waals surface area contributed by atoms with Crippen LogP contribution >= 0.6 is 0 Å². The largest absolute Gasteiger partial charge is 0.378 e. The fraction of sp³-hybridized carbons (Fsp3) is 0.444. The zero-order chi connectivity index (χ0) is 20.9. The second-order valence-corrected chi connectivity index (χ2v) is 8.38. The molecule has 1 saturated heterocycles. The number of ether oxygens (including phenoxy) is 1. The number of nitrogens with zero attached hydrogens (tertiary/aromatic N) is 3. The highest BCUT2D eigenvalue weighted by Gasteiger charge is 2.16. The Morgan fingerprint density at radius 1 is 1.14 bits per heavy atom. The Kier molecular flexibility index (Phi) is 6.93. The first-order chi connectivity index (χ1) is 13.8. The van der Waals surface area contributed by atoms with Gasteiger partial charge in [0, 0.05) is 37.8 Å². The molecule has 29 heavy (non-hydrogen) atoms. The highest BCUT2D eigenvalue weighted by Crippen LogP contribution is 2.17. The summed E-state index contributed by atoms with van der Waals surface area (Å²) in [6, 6.07) is 4.53. The van der Waals surface area contributed by atoms with E-state index in [0.29, 0.717) is 24.9 Å². The van der Waals surface area contributed by atoms with Crippen molar-refractivity contribution in [3.8, 4) is 0 Å². The Balaban J connectivity index is 1.53. The van der Waals surface area contributed by atoms with Crippen molar-refractivity contribution in [3.05, 3.63) is 47.3 Å². The van der Waals surface area contributed by atoms with Gasteiger partial charge in [-0.25, -0.2) is 31.9 Å². The van der Waals surface area contributed by atoms with Gasteiger partial charge in [0.15, 0.2) is 0 Å². The van der Waals surface area contributed by atoms with Gasteiger partial charge in [-0.2, -0.15) is 0 Å². The van der Waals surface area contributed by atoms with Gasteiger partial charge >= 0.3 is 0 Å². The fourth-order valence-corrected chi connectivity index (χ4v) is 4.05. The van der Waals surface area contributed by atoms with Gasteiger partial charge in [-0.05, 0) is 25.1 Å². The summed E-state index contributed by atoms with van der Waals surface area (Å²) in [5.74, 6) is -0.126. The fourth-order valence-electron chi connectivity index (χ4n) is 2.90. The molecule has 0 unspecified atom stereocenters. The van der Waals surface area contributed by atoms with Gasteiger partial charge < -0.3 is 15.0 Å². The standard InChI is InChI=1S/C18H23F2N5O3S/c1-13-23-17(11-18(24-13)25-6-8-28-9-7-25)21-4-5-22-29(26,27)12-14-10-15(19)2-3-16(14)20/h2-3,10-11,22H,4-9,12H2,1H3,(H,21,23,24). The molecule has 8 nitrogen and oxygen atoms in total. The maximum absolute atomic E-state index is 13.6. The summed E-state index contributed by atoms with van der Waals surface area (Å²) in [6.07, 6.45) is 0. The molecular weight excluding hydrogens is 404 g/mol. The molecule has 1 aliphatic heterocycles. The highest BCUT2D eigenvalue weighted by atomic mass is 32.2. The summed E-state index contributed by atoms with van der Waals surface area (Å²) in [7, 11) is -3.81. The number of aromatic nitrogens is 2. The average Bonchev–Trinajstić information content (AvgIpc) is 2.68. The monoisotopic (exact) mass is 427 g/mol. The van der Waals surface area contributed by atoms with Crippen molar-refractivity contribution in [1.82, 2.24) is 14.7 Å². The summed E-state index contributed by atoms with van der Waals surface area (Å²) in [5, 5.41) is 3.05. The van der Waals surface area contributed by atoms with Crippen LogP contribution in [-0.4, -0.2) is 57.8 Å². The molecule has 0 aliphatic carbocycles. The van der Waals surface area contributed by atoms with Crippen LogP contribution in [0.1, 0.15) is 11.4 Å². The van der Waals surface area contributed by atoms with E-state index in [0.717, 1.165) is 37.1 Å². The van der Waals surface area contributed by atoms with Crippen molar-refractivity contribution in [2.45, 2.75) is 12.7 Å². The van der Waals surface area contributed by atoms with Crippen molar-refractivity contribution in [1.29, 1.82) is 0 Å². The zero-order valence-corrected chi connectivity index (χ0v) is 16.8. The molecule has 0 spiro atoms. The minimum Gasteiger partial charge on any atom is -0.378 e. The predicted molar refractivity (Wildman–Crippen MR) is 105 cm³/mol. The van der Waals surface area contributed by atoms with Gasteiger partial charge in [0.1, 0.15) is 29.1 Å². The van der Waals surface area contributed by atoms with Crippen LogP contribution in [0.3, 0.4) is 0 Å². The molecule has 2 aromatic rings. The third kappa shape index (κ3) is 6.31. The van der Waals surface area contributed by atoms with Crippen LogP contribution in [0.15, 0.2) is 24.3 Å². The maximum atomic E-state index is 13.6. The van der Waals surface area contributed by atoms with Crippen molar-refractivity contribution in [3.63, 3.8) is 0 Å². The lowest BCUT2D eigenvalue weighted by molar-refractivity contribution is 0.122. The Morgan fingerprint density at radius 2 is 1.90 bits per heavy atom. The van der Waals surface area contributed by atoms with E-state index in [1.165, 1.54) is 0 Å². The molecule has 2 heterocycles. The molecule has 2 N–H and O–H groups in total.